The van der Waals surface area contributed by atoms with Crippen molar-refractivity contribution in [2.75, 3.05) is 52.9 Å². The Morgan fingerprint density at radius 2 is 0.683 bits per heavy atom. The van der Waals surface area contributed by atoms with Crippen LogP contribution in [0.5, 0.6) is 46.0 Å². The molecule has 9 rings (SSSR count). The molecule has 0 saturated carbocycles. The molecule has 0 aliphatic heterocycles. The molecule has 1 aliphatic rings. The van der Waals surface area contributed by atoms with Crippen molar-refractivity contribution < 1.29 is 95.2 Å². The molecule has 101 heavy (non-hydrogen) atoms. The third-order valence-electron chi connectivity index (χ3n) is 15.2. The second-order valence-corrected chi connectivity index (χ2v) is 22.5. The van der Waals surface area contributed by atoms with Crippen LogP contribution >= 0.6 is 0 Å². The lowest BCUT2D eigenvalue weighted by Gasteiger charge is -2.14. The van der Waals surface area contributed by atoms with E-state index in [2.05, 4.69) is 19.7 Å². The van der Waals surface area contributed by atoms with Crippen molar-refractivity contribution in [1.29, 1.82) is 0 Å². The SMILES string of the molecule is C=CC(=O)OCCCCOc1ccc(C(=O)Oc2ccc3c(c2)Cc2cc(OC(=O)c4ccc(OCCCCOC(=O)C=C)cc4)ccc2-3)cc1.C=CC(=O)OCCCCOc1ccc(C(=O)Oc2cccc3c(OC(=O)c4ccc(OCCCCOC(=O)/C=C/C)cc4)ccc(C)c23)cc1. The van der Waals surface area contributed by atoms with E-state index in [1.165, 1.54) is 6.08 Å². The van der Waals surface area contributed by atoms with Gasteiger partial charge in [-0.1, -0.05) is 56.1 Å². The van der Waals surface area contributed by atoms with Gasteiger partial charge in [-0.2, -0.15) is 0 Å². The van der Waals surface area contributed by atoms with Crippen LogP contribution in [-0.2, 0) is 44.5 Å². The number of hydrogen-bond acceptors (Lipinski definition) is 20. The fraction of sp³-hybridized carbons (Fsp3) is 0.235. The number of rotatable bonds is 36. The summed E-state index contributed by atoms with van der Waals surface area (Å²) in [6.45, 7) is 16.7. The van der Waals surface area contributed by atoms with Crippen molar-refractivity contribution in [2.45, 2.75) is 71.6 Å². The van der Waals surface area contributed by atoms with E-state index < -0.39 is 41.8 Å². The number of hydrogen-bond donors (Lipinski definition) is 0. The fourth-order valence-electron chi connectivity index (χ4n) is 10.0. The quantitative estimate of drug-likeness (QED) is 0.0116. The number of carbonyl (C=O) groups excluding carboxylic acids is 8. The van der Waals surface area contributed by atoms with Gasteiger partial charge >= 0.3 is 47.8 Å². The van der Waals surface area contributed by atoms with Gasteiger partial charge in [0.2, 0.25) is 0 Å². The molecular formula is C81H78O20. The number of ether oxygens (including phenoxy) is 12. The Morgan fingerprint density at radius 3 is 1.04 bits per heavy atom. The molecule has 0 atom stereocenters. The van der Waals surface area contributed by atoms with Crippen molar-refractivity contribution in [3.63, 3.8) is 0 Å². The van der Waals surface area contributed by atoms with Crippen LogP contribution in [-0.4, -0.2) is 101 Å². The highest BCUT2D eigenvalue weighted by molar-refractivity contribution is 6.01. The third kappa shape index (κ3) is 23.6. The average molecular weight is 1370 g/mol. The van der Waals surface area contributed by atoms with Gasteiger partial charge in [-0.15, -0.1) is 0 Å². The Kier molecular flexibility index (Phi) is 29.1. The van der Waals surface area contributed by atoms with Crippen molar-refractivity contribution in [3.05, 3.63) is 253 Å². The number of allylic oxidation sites excluding steroid dienone is 1. The summed E-state index contributed by atoms with van der Waals surface area (Å²) in [6.07, 6.45) is 12.4. The zero-order valence-corrected chi connectivity index (χ0v) is 56.3. The smallest absolute Gasteiger partial charge is 0.343 e. The molecule has 0 spiro atoms. The minimum Gasteiger partial charge on any atom is -0.494 e. The van der Waals surface area contributed by atoms with Gasteiger partial charge in [0.25, 0.3) is 0 Å². The highest BCUT2D eigenvalue weighted by Crippen LogP contribution is 2.41. The maximum Gasteiger partial charge on any atom is 0.343 e. The van der Waals surface area contributed by atoms with E-state index in [0.717, 1.165) is 46.0 Å². The minimum absolute atomic E-state index is 0.295. The molecule has 0 bridgehead atoms. The fourth-order valence-corrected chi connectivity index (χ4v) is 10.0. The highest BCUT2D eigenvalue weighted by atomic mass is 16.6. The molecule has 0 aromatic heterocycles. The van der Waals surface area contributed by atoms with Gasteiger partial charge in [0.1, 0.15) is 46.0 Å². The molecule has 0 unspecified atom stereocenters. The van der Waals surface area contributed by atoms with Crippen LogP contribution in [0.2, 0.25) is 0 Å². The number of esters is 8. The molecule has 20 heteroatoms. The van der Waals surface area contributed by atoms with Crippen molar-refractivity contribution in [3.8, 4) is 57.1 Å². The van der Waals surface area contributed by atoms with Crippen LogP contribution in [0.25, 0.3) is 21.9 Å². The number of aryl methyl sites for hydroxylation is 1. The van der Waals surface area contributed by atoms with Crippen LogP contribution in [0, 0.1) is 6.92 Å². The summed E-state index contributed by atoms with van der Waals surface area (Å²) in [4.78, 5) is 96.5. The zero-order chi connectivity index (χ0) is 71.7. The summed E-state index contributed by atoms with van der Waals surface area (Å²) < 4.78 is 65.7. The highest BCUT2D eigenvalue weighted by Gasteiger charge is 2.23. The lowest BCUT2D eigenvalue weighted by molar-refractivity contribution is -0.138. The Balaban J connectivity index is 0.000000257. The summed E-state index contributed by atoms with van der Waals surface area (Å²) >= 11 is 0. The van der Waals surface area contributed by atoms with E-state index in [1.54, 1.807) is 153 Å². The summed E-state index contributed by atoms with van der Waals surface area (Å²) in [5.74, 6) is 0.165. The largest absolute Gasteiger partial charge is 0.494 e. The molecular weight excluding hydrogens is 1290 g/mol. The zero-order valence-electron chi connectivity index (χ0n) is 56.3. The molecule has 522 valence electrons. The lowest BCUT2D eigenvalue weighted by Crippen LogP contribution is -2.10. The van der Waals surface area contributed by atoms with Gasteiger partial charge in [0, 0.05) is 35.1 Å². The lowest BCUT2D eigenvalue weighted by atomic mass is 10.0. The summed E-state index contributed by atoms with van der Waals surface area (Å²) in [5.41, 5.74) is 6.32. The maximum atomic E-state index is 13.1. The maximum absolute atomic E-state index is 13.1. The van der Waals surface area contributed by atoms with Crippen molar-refractivity contribution in [2.24, 2.45) is 0 Å². The topological polar surface area (TPSA) is 247 Å². The number of fused-ring (bicyclic) bond motifs is 4. The molecule has 0 radical (unpaired) electrons. The van der Waals surface area contributed by atoms with E-state index in [1.807, 2.05) is 31.2 Å². The molecule has 0 amide bonds. The molecule has 8 aromatic carbocycles. The number of unbranched alkanes of at least 4 members (excludes halogenated alkanes) is 4. The minimum atomic E-state index is -0.551. The number of benzene rings is 8. The molecule has 0 heterocycles. The first-order chi connectivity index (χ1) is 49.1. The molecule has 0 saturated heterocycles. The van der Waals surface area contributed by atoms with Crippen LogP contribution in [0.4, 0.5) is 0 Å². The van der Waals surface area contributed by atoms with Gasteiger partial charge in [-0.3, -0.25) is 0 Å². The standard InChI is InChI=1S/C41H38O10.C40H40O10/c1-3-38(42)48-23-7-5-21-46-32-13-9-28(10-14-32)40(44)50-34-17-19-36-30(26-34)25-31-27-35(18-20-37(31)36)51-41(45)29-11-15-33(16-12-29)47-22-6-8-24-49-39(43)4-2;1-4-11-37(42)48-27-9-7-25-46-31-19-15-29(16-20-31)39(43)49-34-23-14-28(3)38-33(34)12-10-13-35(38)50-40(44)30-17-21-32(22-18-30)45-24-6-8-26-47-36(41)5-2/h3-4,9-20,26-27H,1-2,5-8,21-25H2;4-5,10-23H,2,6-9,24-27H2,1,3H3/b;11-4+. The Labute approximate surface area is 585 Å². The van der Waals surface area contributed by atoms with Gasteiger partial charge in [0.05, 0.1) is 75.1 Å². The summed E-state index contributed by atoms with van der Waals surface area (Å²) in [7, 11) is 0. The summed E-state index contributed by atoms with van der Waals surface area (Å²) in [5, 5.41) is 1.26. The predicted octanol–water partition coefficient (Wildman–Crippen LogP) is 15.2. The van der Waals surface area contributed by atoms with E-state index in [-0.39, 0.29) is 5.97 Å². The van der Waals surface area contributed by atoms with Crippen LogP contribution in [0.1, 0.15) is 116 Å². The van der Waals surface area contributed by atoms with Crippen LogP contribution in [0.15, 0.2) is 214 Å². The average Bonchev–Trinajstić information content (AvgIpc) is 1.72. The first-order valence-corrected chi connectivity index (χ1v) is 32.9. The van der Waals surface area contributed by atoms with Crippen LogP contribution < -0.4 is 37.9 Å². The second kappa shape index (κ2) is 39.4. The van der Waals surface area contributed by atoms with Crippen molar-refractivity contribution >= 4 is 58.5 Å². The normalized spacial score (nSPS) is 10.9. The Hall–Kier alpha value is -12.1. The van der Waals surface area contributed by atoms with Gasteiger partial charge in [-0.05, 0) is 233 Å². The Morgan fingerprint density at radius 1 is 0.356 bits per heavy atom. The third-order valence-corrected chi connectivity index (χ3v) is 15.2. The van der Waals surface area contributed by atoms with Gasteiger partial charge in [-0.25, -0.2) is 38.4 Å². The first kappa shape index (κ1) is 74.7. The van der Waals surface area contributed by atoms with E-state index >= 15 is 0 Å². The summed E-state index contributed by atoms with van der Waals surface area (Å²) in [6, 6.07) is 46.5. The monoisotopic (exact) mass is 1370 g/mol. The van der Waals surface area contributed by atoms with Crippen molar-refractivity contribution in [1.82, 2.24) is 0 Å². The predicted molar refractivity (Wildman–Crippen MR) is 377 cm³/mol. The van der Waals surface area contributed by atoms with E-state index in [0.29, 0.717) is 190 Å². The molecule has 0 fully saturated rings. The van der Waals surface area contributed by atoms with E-state index in [4.69, 9.17) is 56.8 Å². The van der Waals surface area contributed by atoms with E-state index in [9.17, 15) is 38.4 Å². The first-order valence-electron chi connectivity index (χ1n) is 32.9. The molecule has 0 N–H and O–H groups in total. The Bertz CT molecular complexity index is 4090. The van der Waals surface area contributed by atoms with Gasteiger partial charge < -0.3 is 56.8 Å². The molecule has 1 aliphatic carbocycles. The van der Waals surface area contributed by atoms with Gasteiger partial charge in [0.15, 0.2) is 0 Å². The molecule has 8 aromatic rings. The number of carbonyl (C=O) groups is 8. The van der Waals surface area contributed by atoms with Crippen LogP contribution in [0.3, 0.4) is 0 Å². The second-order valence-electron chi connectivity index (χ2n) is 22.5. The molecule has 20 nitrogen and oxygen atoms in total.